The van der Waals surface area contributed by atoms with Crippen molar-refractivity contribution in [3.8, 4) is 0 Å². The molecule has 0 atom stereocenters. The van der Waals surface area contributed by atoms with Crippen LogP contribution in [0, 0.1) is 0 Å². The molecule has 1 aromatic heterocycles. The summed E-state index contributed by atoms with van der Waals surface area (Å²) in [5.41, 5.74) is -0.434. The summed E-state index contributed by atoms with van der Waals surface area (Å²) in [4.78, 5) is 16.0. The molecule has 0 saturated heterocycles. The fourth-order valence-electron chi connectivity index (χ4n) is 2.49. The first-order valence-corrected chi connectivity index (χ1v) is 8.41. The van der Waals surface area contributed by atoms with E-state index in [1.165, 1.54) is 0 Å². The molecule has 1 aliphatic rings. The highest BCUT2D eigenvalue weighted by atomic mass is 32.1. The molecule has 0 bridgehead atoms. The average Bonchev–Trinajstić information content (AvgIpc) is 2.89. The maximum atomic E-state index is 11.7. The van der Waals surface area contributed by atoms with Crippen LogP contribution >= 0.6 is 11.3 Å². The highest BCUT2D eigenvalue weighted by molar-refractivity contribution is 7.09. The molecule has 1 fully saturated rings. The van der Waals surface area contributed by atoms with E-state index in [1.807, 2.05) is 32.3 Å². The van der Waals surface area contributed by atoms with Crippen molar-refractivity contribution in [3.05, 3.63) is 16.6 Å². The van der Waals surface area contributed by atoms with Gasteiger partial charge in [-0.25, -0.2) is 9.78 Å². The Bertz CT molecular complexity index is 434. The Labute approximate surface area is 130 Å². The zero-order valence-corrected chi connectivity index (χ0v) is 13.8. The fourth-order valence-corrected chi connectivity index (χ4v) is 3.06. The number of nitrogens with one attached hydrogen (secondary N) is 2. The minimum atomic E-state index is -0.434. The van der Waals surface area contributed by atoms with Gasteiger partial charge in [-0.1, -0.05) is 0 Å². The van der Waals surface area contributed by atoms with E-state index in [0.717, 1.165) is 37.2 Å². The lowest BCUT2D eigenvalue weighted by atomic mass is 9.91. The molecule has 0 radical (unpaired) electrons. The summed E-state index contributed by atoms with van der Waals surface area (Å²) in [5.74, 6) is 0. The number of amides is 1. The number of carbonyl (C=O) groups excluding carboxylic acids is 1. The van der Waals surface area contributed by atoms with Gasteiger partial charge in [-0.05, 0) is 46.5 Å². The zero-order valence-electron chi connectivity index (χ0n) is 13.0. The summed E-state index contributed by atoms with van der Waals surface area (Å²) in [5, 5.41) is 9.63. The summed E-state index contributed by atoms with van der Waals surface area (Å²) in [6.07, 6.45) is 5.67. The standard InChI is InChI=1S/C15H25N3O2S/c1-15(2,3)20-14(19)18-12-6-4-11(5-7-12)17-10-13-16-8-9-21-13/h8-9,11-12,17H,4-7,10H2,1-3H3,(H,18,19). The molecule has 6 heteroatoms. The van der Waals surface area contributed by atoms with Crippen LogP contribution in [-0.2, 0) is 11.3 Å². The van der Waals surface area contributed by atoms with Gasteiger partial charge >= 0.3 is 6.09 Å². The Morgan fingerprint density at radius 3 is 2.57 bits per heavy atom. The van der Waals surface area contributed by atoms with Crippen LogP contribution in [0.4, 0.5) is 4.79 Å². The quantitative estimate of drug-likeness (QED) is 0.897. The first-order valence-electron chi connectivity index (χ1n) is 7.53. The highest BCUT2D eigenvalue weighted by Crippen LogP contribution is 2.20. The van der Waals surface area contributed by atoms with Gasteiger partial charge in [-0.2, -0.15) is 0 Å². The van der Waals surface area contributed by atoms with E-state index in [-0.39, 0.29) is 12.1 Å². The lowest BCUT2D eigenvalue weighted by Gasteiger charge is -2.30. The molecular weight excluding hydrogens is 286 g/mol. The average molecular weight is 311 g/mol. The number of nitrogens with zero attached hydrogens (tertiary/aromatic N) is 1. The van der Waals surface area contributed by atoms with Gasteiger partial charge in [0.15, 0.2) is 0 Å². The van der Waals surface area contributed by atoms with Crippen molar-refractivity contribution < 1.29 is 9.53 Å². The maximum absolute atomic E-state index is 11.7. The van der Waals surface area contributed by atoms with Crippen LogP contribution in [0.3, 0.4) is 0 Å². The lowest BCUT2D eigenvalue weighted by Crippen LogP contribution is -2.43. The molecule has 5 nitrogen and oxygen atoms in total. The van der Waals surface area contributed by atoms with Gasteiger partial charge in [-0.15, -0.1) is 11.3 Å². The second-order valence-corrected chi connectivity index (χ2v) is 7.48. The van der Waals surface area contributed by atoms with Crippen LogP contribution < -0.4 is 10.6 Å². The molecule has 2 rings (SSSR count). The Morgan fingerprint density at radius 1 is 1.33 bits per heavy atom. The van der Waals surface area contributed by atoms with Gasteiger partial charge in [0.1, 0.15) is 10.6 Å². The molecule has 0 spiro atoms. The van der Waals surface area contributed by atoms with Gasteiger partial charge in [-0.3, -0.25) is 0 Å². The SMILES string of the molecule is CC(C)(C)OC(=O)NC1CCC(NCc2nccs2)CC1. The number of hydrogen-bond acceptors (Lipinski definition) is 5. The van der Waals surface area contributed by atoms with E-state index < -0.39 is 5.60 Å². The lowest BCUT2D eigenvalue weighted by molar-refractivity contribution is 0.0490. The largest absolute Gasteiger partial charge is 0.444 e. The monoisotopic (exact) mass is 311 g/mol. The molecule has 0 aromatic carbocycles. The maximum Gasteiger partial charge on any atom is 0.407 e. The van der Waals surface area contributed by atoms with Crippen LogP contribution in [0.15, 0.2) is 11.6 Å². The third kappa shape index (κ3) is 6.01. The third-order valence-electron chi connectivity index (χ3n) is 3.47. The fraction of sp³-hybridized carbons (Fsp3) is 0.733. The van der Waals surface area contributed by atoms with Crippen LogP contribution in [-0.4, -0.2) is 28.8 Å². The van der Waals surface area contributed by atoms with E-state index in [2.05, 4.69) is 15.6 Å². The summed E-state index contributed by atoms with van der Waals surface area (Å²) >= 11 is 1.68. The first kappa shape index (κ1) is 16.2. The summed E-state index contributed by atoms with van der Waals surface area (Å²) in [6.45, 7) is 6.48. The predicted octanol–water partition coefficient (Wildman–Crippen LogP) is 3.07. The summed E-state index contributed by atoms with van der Waals surface area (Å²) < 4.78 is 5.29. The number of rotatable bonds is 4. The van der Waals surface area contributed by atoms with Crippen LogP contribution in [0.5, 0.6) is 0 Å². The Hall–Kier alpha value is -1.14. The van der Waals surface area contributed by atoms with Crippen molar-refractivity contribution in [2.45, 2.75) is 70.7 Å². The number of carbonyl (C=O) groups is 1. The number of hydrogen-bond donors (Lipinski definition) is 2. The van der Waals surface area contributed by atoms with Crippen LogP contribution in [0.1, 0.15) is 51.5 Å². The molecule has 21 heavy (non-hydrogen) atoms. The molecule has 1 saturated carbocycles. The molecule has 1 aliphatic carbocycles. The molecule has 1 amide bonds. The third-order valence-corrected chi connectivity index (χ3v) is 4.25. The van der Waals surface area contributed by atoms with Crippen molar-refractivity contribution >= 4 is 17.4 Å². The second-order valence-electron chi connectivity index (χ2n) is 6.50. The Kier molecular flexibility index (Phi) is 5.58. The first-order chi connectivity index (χ1) is 9.92. The van der Waals surface area contributed by atoms with E-state index in [1.54, 1.807) is 11.3 Å². The molecule has 2 N–H and O–H groups in total. The normalized spacial score (nSPS) is 22.8. The van der Waals surface area contributed by atoms with Crippen molar-refractivity contribution in [2.75, 3.05) is 0 Å². The molecule has 1 aromatic rings. The number of ether oxygens (including phenoxy) is 1. The van der Waals surface area contributed by atoms with Crippen molar-refractivity contribution in [1.29, 1.82) is 0 Å². The minimum Gasteiger partial charge on any atom is -0.444 e. The molecule has 0 unspecified atom stereocenters. The highest BCUT2D eigenvalue weighted by Gasteiger charge is 2.24. The van der Waals surface area contributed by atoms with Crippen molar-refractivity contribution in [2.24, 2.45) is 0 Å². The smallest absolute Gasteiger partial charge is 0.407 e. The van der Waals surface area contributed by atoms with Crippen LogP contribution in [0.2, 0.25) is 0 Å². The van der Waals surface area contributed by atoms with Crippen molar-refractivity contribution in [1.82, 2.24) is 15.6 Å². The summed E-state index contributed by atoms with van der Waals surface area (Å²) in [6, 6.07) is 0.753. The van der Waals surface area contributed by atoms with E-state index in [0.29, 0.717) is 6.04 Å². The summed E-state index contributed by atoms with van der Waals surface area (Å²) in [7, 11) is 0. The van der Waals surface area contributed by atoms with E-state index >= 15 is 0 Å². The number of aromatic nitrogens is 1. The van der Waals surface area contributed by atoms with E-state index in [9.17, 15) is 4.79 Å². The van der Waals surface area contributed by atoms with Gasteiger partial charge in [0.25, 0.3) is 0 Å². The molecular formula is C15H25N3O2S. The predicted molar refractivity (Wildman–Crippen MR) is 84.4 cm³/mol. The zero-order chi connectivity index (χ0) is 15.3. The number of thiazole rings is 1. The van der Waals surface area contributed by atoms with Gasteiger partial charge in [0, 0.05) is 30.2 Å². The van der Waals surface area contributed by atoms with Crippen LogP contribution in [0.25, 0.3) is 0 Å². The van der Waals surface area contributed by atoms with Gasteiger partial charge < -0.3 is 15.4 Å². The van der Waals surface area contributed by atoms with Gasteiger partial charge in [0.05, 0.1) is 0 Å². The molecule has 0 aliphatic heterocycles. The molecule has 1 heterocycles. The number of alkyl carbamates (subject to hydrolysis) is 1. The van der Waals surface area contributed by atoms with Crippen molar-refractivity contribution in [3.63, 3.8) is 0 Å². The Balaban J connectivity index is 1.65. The minimum absolute atomic E-state index is 0.234. The van der Waals surface area contributed by atoms with E-state index in [4.69, 9.17) is 4.74 Å². The van der Waals surface area contributed by atoms with Gasteiger partial charge in [0.2, 0.25) is 0 Å². The Morgan fingerprint density at radius 2 is 2.00 bits per heavy atom. The second kappa shape index (κ2) is 7.22. The topological polar surface area (TPSA) is 63.2 Å². The molecule has 118 valence electrons.